The summed E-state index contributed by atoms with van der Waals surface area (Å²) < 4.78 is 0. The molecular formula is C20H34O. The summed E-state index contributed by atoms with van der Waals surface area (Å²) in [5.41, 5.74) is 2.75. The van der Waals surface area contributed by atoms with E-state index in [9.17, 15) is 5.11 Å². The smallest absolute Gasteiger partial charge is 0.0462 e. The van der Waals surface area contributed by atoms with Crippen LogP contribution >= 0.6 is 0 Å². The van der Waals surface area contributed by atoms with Gasteiger partial charge < -0.3 is 5.11 Å². The van der Waals surface area contributed by atoms with Crippen molar-refractivity contribution < 1.29 is 5.11 Å². The molecule has 0 saturated heterocycles. The van der Waals surface area contributed by atoms with Crippen LogP contribution < -0.4 is 0 Å². The lowest BCUT2D eigenvalue weighted by molar-refractivity contribution is 0.214. The zero-order valence-corrected chi connectivity index (χ0v) is 14.1. The first kappa shape index (κ1) is 18.2. The van der Waals surface area contributed by atoms with Crippen LogP contribution in [-0.4, -0.2) is 11.7 Å². The number of hydrogen-bond acceptors (Lipinski definition) is 1. The minimum Gasteiger partial charge on any atom is -0.396 e. The number of rotatable bonds is 12. The molecule has 21 heavy (non-hydrogen) atoms. The lowest BCUT2D eigenvalue weighted by Gasteiger charge is -2.15. The van der Waals surface area contributed by atoms with E-state index in [0.29, 0.717) is 12.5 Å². The second kappa shape index (κ2) is 11.8. The molecule has 0 heterocycles. The molecule has 0 amide bonds. The van der Waals surface area contributed by atoms with Crippen molar-refractivity contribution in [2.24, 2.45) is 5.92 Å². The number of aliphatic hydroxyl groups is 1. The molecule has 0 bridgehead atoms. The van der Waals surface area contributed by atoms with Crippen molar-refractivity contribution in [1.82, 2.24) is 0 Å². The van der Waals surface area contributed by atoms with Crippen molar-refractivity contribution in [2.45, 2.75) is 78.1 Å². The Kier molecular flexibility index (Phi) is 10.2. The average Bonchev–Trinajstić information content (AvgIpc) is 2.50. The van der Waals surface area contributed by atoms with E-state index in [1.165, 1.54) is 68.9 Å². The Morgan fingerprint density at radius 1 is 0.905 bits per heavy atom. The van der Waals surface area contributed by atoms with E-state index in [0.717, 1.165) is 6.42 Å². The third-order valence-electron chi connectivity index (χ3n) is 4.49. The highest BCUT2D eigenvalue weighted by atomic mass is 16.3. The second-order valence-corrected chi connectivity index (χ2v) is 6.44. The highest BCUT2D eigenvalue weighted by Crippen LogP contribution is 2.19. The van der Waals surface area contributed by atoms with Gasteiger partial charge in [0.05, 0.1) is 0 Å². The molecule has 1 N–H and O–H groups in total. The molecule has 1 atom stereocenters. The van der Waals surface area contributed by atoms with Crippen molar-refractivity contribution in [3.8, 4) is 0 Å². The summed E-state index contributed by atoms with van der Waals surface area (Å²) in [6, 6.07) is 8.56. The van der Waals surface area contributed by atoms with Crippen LogP contribution in [0.5, 0.6) is 0 Å². The fourth-order valence-corrected chi connectivity index (χ4v) is 2.97. The molecule has 0 aliphatic carbocycles. The first-order valence-electron chi connectivity index (χ1n) is 8.93. The molecule has 120 valence electrons. The van der Waals surface area contributed by atoms with Crippen LogP contribution in [0.25, 0.3) is 0 Å². The first-order chi connectivity index (χ1) is 10.3. The highest BCUT2D eigenvalue weighted by Gasteiger charge is 2.09. The summed E-state index contributed by atoms with van der Waals surface area (Å²) >= 11 is 0. The van der Waals surface area contributed by atoms with Crippen molar-refractivity contribution in [3.63, 3.8) is 0 Å². The highest BCUT2D eigenvalue weighted by molar-refractivity contribution is 5.25. The Labute approximate surface area is 131 Å². The molecule has 1 rings (SSSR count). The van der Waals surface area contributed by atoms with E-state index in [1.54, 1.807) is 0 Å². The topological polar surface area (TPSA) is 20.2 Å². The molecule has 0 aliphatic heterocycles. The van der Waals surface area contributed by atoms with Crippen LogP contribution in [0.1, 0.15) is 75.8 Å². The maximum absolute atomic E-state index is 9.58. The summed E-state index contributed by atoms with van der Waals surface area (Å²) in [7, 11) is 0. The molecule has 0 aliphatic rings. The van der Waals surface area contributed by atoms with Crippen molar-refractivity contribution >= 4 is 0 Å². The Balaban J connectivity index is 2.13. The molecule has 0 spiro atoms. The Morgan fingerprint density at radius 3 is 2.14 bits per heavy atom. The number of aliphatic hydroxyl groups excluding tert-OH is 1. The van der Waals surface area contributed by atoms with E-state index >= 15 is 0 Å². The normalized spacial score (nSPS) is 12.5. The summed E-state index contributed by atoms with van der Waals surface area (Å²) in [6.45, 7) is 4.76. The molecule has 0 fully saturated rings. The molecule has 1 aromatic carbocycles. The molecular weight excluding hydrogens is 256 g/mol. The van der Waals surface area contributed by atoms with Crippen LogP contribution in [0.3, 0.4) is 0 Å². The summed E-state index contributed by atoms with van der Waals surface area (Å²) in [5, 5.41) is 9.58. The maximum atomic E-state index is 9.58. The zero-order valence-electron chi connectivity index (χ0n) is 14.1. The van der Waals surface area contributed by atoms with Gasteiger partial charge in [0, 0.05) is 6.61 Å². The van der Waals surface area contributed by atoms with Crippen LogP contribution in [0.15, 0.2) is 24.3 Å². The molecule has 1 aromatic rings. The molecule has 0 radical (unpaired) electrons. The quantitative estimate of drug-likeness (QED) is 0.491. The molecule has 1 heteroatoms. The standard InChI is InChI=1S/C20H34O/c1-3-4-5-6-7-8-9-10-14-19(17-21)16-20-15-12-11-13-18(20)2/h11-13,15,19,21H,3-10,14,16-17H2,1-2H3. The van der Waals surface area contributed by atoms with Gasteiger partial charge in [0.15, 0.2) is 0 Å². The first-order valence-corrected chi connectivity index (χ1v) is 8.93. The molecule has 0 aromatic heterocycles. The summed E-state index contributed by atoms with van der Waals surface area (Å²) in [4.78, 5) is 0. The molecule has 0 saturated carbocycles. The van der Waals surface area contributed by atoms with Gasteiger partial charge in [0.1, 0.15) is 0 Å². The Hall–Kier alpha value is -0.820. The number of unbranched alkanes of at least 4 members (excludes halogenated alkanes) is 7. The predicted molar refractivity (Wildman–Crippen MR) is 92.7 cm³/mol. The van der Waals surface area contributed by atoms with Gasteiger partial charge in [-0.1, -0.05) is 82.6 Å². The van der Waals surface area contributed by atoms with E-state index in [1.807, 2.05) is 0 Å². The minimum absolute atomic E-state index is 0.324. The third-order valence-corrected chi connectivity index (χ3v) is 4.49. The van der Waals surface area contributed by atoms with Gasteiger partial charge in [0.2, 0.25) is 0 Å². The van der Waals surface area contributed by atoms with E-state index in [-0.39, 0.29) is 0 Å². The Bertz CT molecular complexity index is 359. The largest absolute Gasteiger partial charge is 0.396 e. The molecule has 1 nitrogen and oxygen atoms in total. The lowest BCUT2D eigenvalue weighted by atomic mass is 9.92. The fraction of sp³-hybridized carbons (Fsp3) is 0.700. The van der Waals surface area contributed by atoms with Crippen LogP contribution in [0.4, 0.5) is 0 Å². The van der Waals surface area contributed by atoms with Crippen LogP contribution in [-0.2, 0) is 6.42 Å². The second-order valence-electron chi connectivity index (χ2n) is 6.44. The van der Waals surface area contributed by atoms with E-state index in [2.05, 4.69) is 38.1 Å². The summed E-state index contributed by atoms with van der Waals surface area (Å²) in [5.74, 6) is 0.436. The van der Waals surface area contributed by atoms with Gasteiger partial charge in [-0.05, 0) is 36.8 Å². The monoisotopic (exact) mass is 290 g/mol. The van der Waals surface area contributed by atoms with Gasteiger partial charge in [-0.25, -0.2) is 0 Å². The zero-order chi connectivity index (χ0) is 15.3. The number of hydrogen-bond donors (Lipinski definition) is 1. The molecule has 1 unspecified atom stereocenters. The minimum atomic E-state index is 0.324. The fourth-order valence-electron chi connectivity index (χ4n) is 2.97. The maximum Gasteiger partial charge on any atom is 0.0462 e. The van der Waals surface area contributed by atoms with Gasteiger partial charge in [-0.15, -0.1) is 0 Å². The van der Waals surface area contributed by atoms with Crippen molar-refractivity contribution in [2.75, 3.05) is 6.61 Å². The Morgan fingerprint density at radius 2 is 1.52 bits per heavy atom. The number of benzene rings is 1. The van der Waals surface area contributed by atoms with Crippen molar-refractivity contribution in [3.05, 3.63) is 35.4 Å². The predicted octanol–water partition coefficient (Wildman–Crippen LogP) is 5.68. The van der Waals surface area contributed by atoms with Crippen LogP contribution in [0, 0.1) is 12.8 Å². The third kappa shape index (κ3) is 8.26. The van der Waals surface area contributed by atoms with Crippen molar-refractivity contribution in [1.29, 1.82) is 0 Å². The van der Waals surface area contributed by atoms with Gasteiger partial charge in [-0.3, -0.25) is 0 Å². The SMILES string of the molecule is CCCCCCCCCCC(CO)Cc1ccccc1C. The van der Waals surface area contributed by atoms with E-state index in [4.69, 9.17) is 0 Å². The number of aryl methyl sites for hydroxylation is 1. The van der Waals surface area contributed by atoms with Gasteiger partial charge in [0.25, 0.3) is 0 Å². The van der Waals surface area contributed by atoms with E-state index < -0.39 is 0 Å². The lowest BCUT2D eigenvalue weighted by Crippen LogP contribution is -2.10. The van der Waals surface area contributed by atoms with Crippen LogP contribution in [0.2, 0.25) is 0 Å². The summed E-state index contributed by atoms with van der Waals surface area (Å²) in [6.07, 6.45) is 13.1. The van der Waals surface area contributed by atoms with Gasteiger partial charge in [-0.2, -0.15) is 0 Å². The average molecular weight is 290 g/mol. The van der Waals surface area contributed by atoms with Gasteiger partial charge >= 0.3 is 0 Å².